The number of carbonyl (C=O) groups excluding carboxylic acids is 1. The number of rotatable bonds is 6. The minimum absolute atomic E-state index is 0.0217. The van der Waals surface area contributed by atoms with E-state index in [0.29, 0.717) is 35.3 Å². The van der Waals surface area contributed by atoms with Crippen LogP contribution in [0.1, 0.15) is 25.1 Å². The Hall–Kier alpha value is -1.73. The summed E-state index contributed by atoms with van der Waals surface area (Å²) >= 11 is 1.35. The molecule has 0 fully saturated rings. The number of aliphatic hydroxyl groups is 1. The molecule has 7 heteroatoms. The zero-order valence-electron chi connectivity index (χ0n) is 11.3. The molecule has 1 amide bonds. The van der Waals surface area contributed by atoms with Crippen molar-refractivity contribution in [2.24, 2.45) is 0 Å². The molecule has 0 saturated carbocycles. The van der Waals surface area contributed by atoms with Gasteiger partial charge in [-0.3, -0.25) is 9.59 Å². The fraction of sp³-hybridized carbons (Fsp3) is 0.462. The van der Waals surface area contributed by atoms with E-state index in [9.17, 15) is 9.59 Å². The number of nitrogens with zero attached hydrogens (tertiary/aromatic N) is 2. The van der Waals surface area contributed by atoms with E-state index in [1.165, 1.54) is 16.2 Å². The average molecular weight is 295 g/mol. The van der Waals surface area contributed by atoms with Crippen LogP contribution in [0.25, 0.3) is 10.2 Å². The number of fused-ring (bicyclic) bond motifs is 1. The van der Waals surface area contributed by atoms with E-state index in [1.807, 2.05) is 5.38 Å². The number of aromatic amines is 1. The fourth-order valence-corrected chi connectivity index (χ4v) is 2.61. The number of hydrogen-bond donors (Lipinski definition) is 2. The summed E-state index contributed by atoms with van der Waals surface area (Å²) in [5, 5.41) is 10.5. The van der Waals surface area contributed by atoms with Gasteiger partial charge in [-0.15, -0.1) is 11.3 Å². The molecule has 0 aliphatic rings. The lowest BCUT2D eigenvalue weighted by atomic mass is 10.2. The standard InChI is InChI=1S/C13H17N3O3S/c1-16(11(18)4-2-3-6-17)8-10-14-9-5-7-20-12(9)13(19)15-10/h5,7,17H,2-4,6,8H2,1H3,(H,14,15,19). The Kier molecular flexibility index (Phi) is 4.86. The molecule has 2 aromatic heterocycles. The summed E-state index contributed by atoms with van der Waals surface area (Å²) in [6.45, 7) is 0.375. The molecule has 0 saturated heterocycles. The third-order valence-corrected chi connectivity index (χ3v) is 3.88. The Balaban J connectivity index is 2.03. The number of nitrogens with one attached hydrogen (secondary N) is 1. The second kappa shape index (κ2) is 6.62. The predicted octanol–water partition coefficient (Wildman–Crippen LogP) is 1.11. The van der Waals surface area contributed by atoms with E-state index in [-0.39, 0.29) is 24.6 Å². The van der Waals surface area contributed by atoms with Crippen LogP contribution < -0.4 is 5.56 Å². The summed E-state index contributed by atoms with van der Waals surface area (Å²) in [5.41, 5.74) is 0.496. The molecule has 6 nitrogen and oxygen atoms in total. The lowest BCUT2D eigenvalue weighted by Crippen LogP contribution is -2.28. The number of H-pyrrole nitrogens is 1. The lowest BCUT2D eigenvalue weighted by molar-refractivity contribution is -0.130. The number of hydrogen-bond acceptors (Lipinski definition) is 5. The van der Waals surface area contributed by atoms with Gasteiger partial charge in [0.15, 0.2) is 0 Å². The highest BCUT2D eigenvalue weighted by Gasteiger charge is 2.11. The third kappa shape index (κ3) is 3.43. The molecule has 20 heavy (non-hydrogen) atoms. The third-order valence-electron chi connectivity index (χ3n) is 2.98. The first kappa shape index (κ1) is 14.7. The number of aliphatic hydroxyl groups excluding tert-OH is 1. The van der Waals surface area contributed by atoms with Gasteiger partial charge in [0.2, 0.25) is 5.91 Å². The maximum absolute atomic E-state index is 11.8. The van der Waals surface area contributed by atoms with Crippen molar-refractivity contribution in [2.75, 3.05) is 13.7 Å². The zero-order chi connectivity index (χ0) is 14.5. The number of amides is 1. The number of unbranched alkanes of at least 4 members (excludes halogenated alkanes) is 1. The average Bonchev–Trinajstić information content (AvgIpc) is 2.87. The van der Waals surface area contributed by atoms with Crippen LogP contribution in [0.4, 0.5) is 0 Å². The van der Waals surface area contributed by atoms with E-state index in [4.69, 9.17) is 5.11 Å². The van der Waals surface area contributed by atoms with Crippen LogP contribution in [0, 0.1) is 0 Å². The van der Waals surface area contributed by atoms with Crippen LogP contribution in [0.15, 0.2) is 16.2 Å². The second-order valence-corrected chi connectivity index (χ2v) is 5.49. The highest BCUT2D eigenvalue weighted by atomic mass is 32.1. The number of thiophene rings is 1. The molecular formula is C13H17N3O3S. The predicted molar refractivity (Wildman–Crippen MR) is 77.7 cm³/mol. The molecule has 108 valence electrons. The van der Waals surface area contributed by atoms with Gasteiger partial charge in [0.05, 0.1) is 12.1 Å². The van der Waals surface area contributed by atoms with Crippen LogP contribution in [0.3, 0.4) is 0 Å². The van der Waals surface area contributed by atoms with E-state index in [0.717, 1.165) is 0 Å². The van der Waals surface area contributed by atoms with Crippen molar-refractivity contribution in [1.29, 1.82) is 0 Å². The zero-order valence-corrected chi connectivity index (χ0v) is 12.1. The first-order valence-corrected chi connectivity index (χ1v) is 7.31. The number of carbonyl (C=O) groups is 1. The molecule has 0 spiro atoms. The summed E-state index contributed by atoms with van der Waals surface area (Å²) in [6.07, 6.45) is 1.67. The van der Waals surface area contributed by atoms with Crippen molar-refractivity contribution in [3.8, 4) is 0 Å². The minimum atomic E-state index is -0.166. The Labute approximate surface area is 120 Å². The van der Waals surface area contributed by atoms with Gasteiger partial charge in [-0.2, -0.15) is 0 Å². The fourth-order valence-electron chi connectivity index (χ4n) is 1.89. The molecule has 0 aliphatic heterocycles. The molecule has 0 bridgehead atoms. The molecule has 0 aliphatic carbocycles. The van der Waals surface area contributed by atoms with Crippen LogP contribution >= 0.6 is 11.3 Å². The largest absolute Gasteiger partial charge is 0.396 e. The summed E-state index contributed by atoms with van der Waals surface area (Å²) in [4.78, 5) is 32.2. The topological polar surface area (TPSA) is 86.3 Å². The highest BCUT2D eigenvalue weighted by molar-refractivity contribution is 7.17. The number of aromatic nitrogens is 2. The molecule has 0 unspecified atom stereocenters. The molecule has 2 rings (SSSR count). The van der Waals surface area contributed by atoms with Crippen molar-refractivity contribution in [3.63, 3.8) is 0 Å². The maximum atomic E-state index is 11.8. The van der Waals surface area contributed by atoms with Crippen LogP contribution in [0.5, 0.6) is 0 Å². The van der Waals surface area contributed by atoms with Crippen molar-refractivity contribution in [1.82, 2.24) is 14.9 Å². The quantitative estimate of drug-likeness (QED) is 0.782. The summed E-state index contributed by atoms with van der Waals surface area (Å²) in [6, 6.07) is 1.79. The SMILES string of the molecule is CN(Cc1nc2ccsc2c(=O)[nH]1)C(=O)CCCCO. The lowest BCUT2D eigenvalue weighted by Gasteiger charge is -2.16. The smallest absolute Gasteiger partial charge is 0.268 e. The first-order valence-electron chi connectivity index (χ1n) is 6.43. The first-order chi connectivity index (χ1) is 9.61. The molecule has 2 heterocycles. The Morgan fingerprint density at radius 2 is 2.30 bits per heavy atom. The minimum Gasteiger partial charge on any atom is -0.396 e. The van der Waals surface area contributed by atoms with Gasteiger partial charge in [-0.25, -0.2) is 4.98 Å². The van der Waals surface area contributed by atoms with E-state index >= 15 is 0 Å². The Morgan fingerprint density at radius 1 is 1.50 bits per heavy atom. The van der Waals surface area contributed by atoms with Crippen molar-refractivity contribution >= 4 is 27.5 Å². The van der Waals surface area contributed by atoms with Crippen molar-refractivity contribution in [3.05, 3.63) is 27.6 Å². The molecule has 0 atom stereocenters. The van der Waals surface area contributed by atoms with Gasteiger partial charge in [0, 0.05) is 20.1 Å². The van der Waals surface area contributed by atoms with Crippen molar-refractivity contribution < 1.29 is 9.90 Å². The van der Waals surface area contributed by atoms with E-state index in [2.05, 4.69) is 9.97 Å². The van der Waals surface area contributed by atoms with Crippen molar-refractivity contribution in [2.45, 2.75) is 25.8 Å². The summed E-state index contributed by atoms with van der Waals surface area (Å²) in [7, 11) is 1.68. The monoisotopic (exact) mass is 295 g/mol. The van der Waals surface area contributed by atoms with Gasteiger partial charge in [0.1, 0.15) is 10.5 Å². The molecule has 0 radical (unpaired) electrons. The molecule has 2 aromatic rings. The molecular weight excluding hydrogens is 278 g/mol. The van der Waals surface area contributed by atoms with Crippen LogP contribution in [-0.2, 0) is 11.3 Å². The normalized spacial score (nSPS) is 10.9. The Bertz CT molecular complexity index is 650. The van der Waals surface area contributed by atoms with Gasteiger partial charge >= 0.3 is 0 Å². The van der Waals surface area contributed by atoms with E-state index < -0.39 is 0 Å². The second-order valence-electron chi connectivity index (χ2n) is 4.58. The van der Waals surface area contributed by atoms with Crippen LogP contribution in [0.2, 0.25) is 0 Å². The molecule has 2 N–H and O–H groups in total. The Morgan fingerprint density at radius 3 is 3.05 bits per heavy atom. The van der Waals surface area contributed by atoms with E-state index in [1.54, 1.807) is 13.1 Å². The molecule has 0 aromatic carbocycles. The summed E-state index contributed by atoms with van der Waals surface area (Å²) in [5.74, 6) is 0.463. The van der Waals surface area contributed by atoms with Crippen LogP contribution in [-0.4, -0.2) is 39.5 Å². The maximum Gasteiger partial charge on any atom is 0.268 e. The van der Waals surface area contributed by atoms with Gasteiger partial charge in [-0.05, 0) is 24.3 Å². The highest BCUT2D eigenvalue weighted by Crippen LogP contribution is 2.14. The van der Waals surface area contributed by atoms with Gasteiger partial charge in [-0.1, -0.05) is 0 Å². The van der Waals surface area contributed by atoms with Gasteiger partial charge < -0.3 is 15.0 Å². The summed E-state index contributed by atoms with van der Waals surface area (Å²) < 4.78 is 0.602. The van der Waals surface area contributed by atoms with Gasteiger partial charge in [0.25, 0.3) is 5.56 Å².